The Morgan fingerprint density at radius 1 is 1.18 bits per heavy atom. The normalized spacial score (nSPS) is 9.53. The van der Waals surface area contributed by atoms with Crippen molar-refractivity contribution in [3.63, 3.8) is 0 Å². The van der Waals surface area contributed by atoms with E-state index in [1.54, 1.807) is 19.4 Å². The zero-order chi connectivity index (χ0) is 11.4. The van der Waals surface area contributed by atoms with Crippen molar-refractivity contribution in [3.05, 3.63) is 42.1 Å². The van der Waals surface area contributed by atoms with E-state index in [2.05, 4.69) is 9.97 Å². The average Bonchev–Trinajstić information content (AvgIpc) is 2.39. The molecule has 0 amide bonds. The number of methoxy groups -OCH3 is 1. The molecule has 4 nitrogen and oxygen atoms in total. The molecule has 2 aromatic heterocycles. The highest BCUT2D eigenvalue weighted by Crippen LogP contribution is 2.17. The van der Waals surface area contributed by atoms with Crippen molar-refractivity contribution in [2.24, 2.45) is 5.73 Å². The maximum atomic E-state index is 5.51. The first-order valence-electron chi connectivity index (χ1n) is 5.00. The predicted molar refractivity (Wildman–Crippen MR) is 69.2 cm³/mol. The Hall–Kier alpha value is -1.65. The van der Waals surface area contributed by atoms with Crippen LogP contribution in [0.15, 0.2) is 36.5 Å². The molecule has 2 heterocycles. The first-order valence-corrected chi connectivity index (χ1v) is 5.00. The summed E-state index contributed by atoms with van der Waals surface area (Å²) in [5, 5.41) is 0. The fourth-order valence-electron chi connectivity index (χ4n) is 1.37. The van der Waals surface area contributed by atoms with E-state index in [1.807, 2.05) is 24.3 Å². The van der Waals surface area contributed by atoms with Crippen LogP contribution in [0, 0.1) is 0 Å². The van der Waals surface area contributed by atoms with E-state index in [9.17, 15) is 0 Å². The molecule has 0 aliphatic heterocycles. The average molecular weight is 252 g/mol. The van der Waals surface area contributed by atoms with Crippen LogP contribution in [0.2, 0.25) is 0 Å². The number of pyridine rings is 2. The largest absolute Gasteiger partial charge is 0.481 e. The van der Waals surface area contributed by atoms with Crippen LogP contribution < -0.4 is 10.5 Å². The third kappa shape index (κ3) is 3.15. The summed E-state index contributed by atoms with van der Waals surface area (Å²) in [7, 11) is 1.59. The third-order valence-corrected chi connectivity index (χ3v) is 2.26. The summed E-state index contributed by atoms with van der Waals surface area (Å²) in [6, 6.07) is 9.44. The molecule has 2 rings (SSSR count). The molecule has 2 N–H and O–H groups in total. The molecule has 0 aliphatic carbocycles. The summed E-state index contributed by atoms with van der Waals surface area (Å²) in [6.45, 7) is 0.499. The van der Waals surface area contributed by atoms with Crippen molar-refractivity contribution in [3.8, 4) is 17.3 Å². The van der Waals surface area contributed by atoms with Crippen molar-refractivity contribution < 1.29 is 4.74 Å². The highest BCUT2D eigenvalue weighted by molar-refractivity contribution is 5.85. The van der Waals surface area contributed by atoms with E-state index in [0.717, 1.165) is 17.0 Å². The smallest absolute Gasteiger partial charge is 0.213 e. The van der Waals surface area contributed by atoms with Crippen LogP contribution in [-0.2, 0) is 6.54 Å². The van der Waals surface area contributed by atoms with Gasteiger partial charge in [-0.25, -0.2) is 4.98 Å². The van der Waals surface area contributed by atoms with Crippen molar-refractivity contribution in [2.75, 3.05) is 7.11 Å². The molecule has 0 radical (unpaired) electrons. The van der Waals surface area contributed by atoms with Gasteiger partial charge in [-0.1, -0.05) is 12.1 Å². The number of nitrogens with zero attached hydrogens (tertiary/aromatic N) is 2. The standard InChI is InChI=1S/C12H13N3O.ClH/c1-16-12-4-2-3-11(15-12)10-6-5-9(7-13)8-14-10;/h2-6,8H,7,13H2,1H3;1H. The van der Waals surface area contributed by atoms with E-state index in [0.29, 0.717) is 12.4 Å². The molecule has 0 atom stereocenters. The van der Waals surface area contributed by atoms with Gasteiger partial charge in [0, 0.05) is 18.8 Å². The molecule has 0 spiro atoms. The van der Waals surface area contributed by atoms with Gasteiger partial charge in [0.1, 0.15) is 0 Å². The van der Waals surface area contributed by atoms with Crippen molar-refractivity contribution in [2.45, 2.75) is 6.54 Å². The second kappa shape index (κ2) is 6.18. The minimum absolute atomic E-state index is 0. The van der Waals surface area contributed by atoms with Gasteiger partial charge in [-0.3, -0.25) is 4.98 Å². The SMILES string of the molecule is COc1cccc(-c2ccc(CN)cn2)n1.Cl. The topological polar surface area (TPSA) is 61.0 Å². The Kier molecular flexibility index (Phi) is 4.87. The van der Waals surface area contributed by atoms with Crippen LogP contribution in [0.3, 0.4) is 0 Å². The first-order chi connectivity index (χ1) is 7.83. The molecule has 0 aliphatic rings. The lowest BCUT2D eigenvalue weighted by atomic mass is 10.2. The Balaban J connectivity index is 0.00000144. The van der Waals surface area contributed by atoms with Gasteiger partial charge in [0.15, 0.2) is 0 Å². The number of nitrogens with two attached hydrogens (primary N) is 1. The maximum absolute atomic E-state index is 5.51. The summed E-state index contributed by atoms with van der Waals surface area (Å²) in [5.41, 5.74) is 8.12. The van der Waals surface area contributed by atoms with E-state index in [1.165, 1.54) is 0 Å². The third-order valence-electron chi connectivity index (χ3n) is 2.26. The quantitative estimate of drug-likeness (QED) is 0.907. The van der Waals surface area contributed by atoms with Gasteiger partial charge in [0.25, 0.3) is 0 Å². The van der Waals surface area contributed by atoms with Gasteiger partial charge < -0.3 is 10.5 Å². The lowest BCUT2D eigenvalue weighted by Crippen LogP contribution is -1.97. The fraction of sp³-hybridized carbons (Fsp3) is 0.167. The molecular formula is C12H14ClN3O. The Morgan fingerprint density at radius 2 is 2.00 bits per heavy atom. The molecule has 0 bridgehead atoms. The molecule has 17 heavy (non-hydrogen) atoms. The zero-order valence-electron chi connectivity index (χ0n) is 9.46. The molecule has 90 valence electrons. The predicted octanol–water partition coefficient (Wildman–Crippen LogP) is 2.03. The summed E-state index contributed by atoms with van der Waals surface area (Å²) < 4.78 is 5.06. The van der Waals surface area contributed by atoms with Gasteiger partial charge in [0.05, 0.1) is 18.5 Å². The van der Waals surface area contributed by atoms with Gasteiger partial charge in [0.2, 0.25) is 5.88 Å². The van der Waals surface area contributed by atoms with Crippen LogP contribution in [0.5, 0.6) is 5.88 Å². The number of rotatable bonds is 3. The fourth-order valence-corrected chi connectivity index (χ4v) is 1.37. The van der Waals surface area contributed by atoms with Crippen LogP contribution >= 0.6 is 12.4 Å². The van der Waals surface area contributed by atoms with E-state index >= 15 is 0 Å². The van der Waals surface area contributed by atoms with Gasteiger partial charge in [-0.15, -0.1) is 12.4 Å². The van der Waals surface area contributed by atoms with E-state index < -0.39 is 0 Å². The summed E-state index contributed by atoms with van der Waals surface area (Å²) in [4.78, 5) is 8.60. The highest BCUT2D eigenvalue weighted by Gasteiger charge is 2.02. The van der Waals surface area contributed by atoms with Crippen LogP contribution in [0.25, 0.3) is 11.4 Å². The van der Waals surface area contributed by atoms with Crippen molar-refractivity contribution in [1.82, 2.24) is 9.97 Å². The highest BCUT2D eigenvalue weighted by atomic mass is 35.5. The van der Waals surface area contributed by atoms with E-state index in [-0.39, 0.29) is 12.4 Å². The molecule has 0 unspecified atom stereocenters. The number of aromatic nitrogens is 2. The van der Waals surface area contributed by atoms with Crippen molar-refractivity contribution >= 4 is 12.4 Å². The maximum Gasteiger partial charge on any atom is 0.213 e. The Bertz CT molecular complexity index is 473. The van der Waals surface area contributed by atoms with Gasteiger partial charge in [-0.2, -0.15) is 0 Å². The molecule has 0 fully saturated rings. The van der Waals surface area contributed by atoms with Gasteiger partial charge in [-0.05, 0) is 17.7 Å². The minimum Gasteiger partial charge on any atom is -0.481 e. The van der Waals surface area contributed by atoms with Crippen molar-refractivity contribution in [1.29, 1.82) is 0 Å². The lowest BCUT2D eigenvalue weighted by molar-refractivity contribution is 0.398. The molecule has 0 saturated carbocycles. The number of hydrogen-bond donors (Lipinski definition) is 1. The number of halogens is 1. The van der Waals surface area contributed by atoms with Gasteiger partial charge >= 0.3 is 0 Å². The molecular weight excluding hydrogens is 238 g/mol. The number of hydrogen-bond acceptors (Lipinski definition) is 4. The molecule has 5 heteroatoms. The zero-order valence-corrected chi connectivity index (χ0v) is 10.3. The molecule has 2 aromatic rings. The molecule has 0 aromatic carbocycles. The second-order valence-electron chi connectivity index (χ2n) is 3.32. The Morgan fingerprint density at radius 3 is 2.59 bits per heavy atom. The number of ether oxygens (including phenoxy) is 1. The van der Waals surface area contributed by atoms with E-state index in [4.69, 9.17) is 10.5 Å². The van der Waals surface area contributed by atoms with Crippen LogP contribution in [-0.4, -0.2) is 17.1 Å². The summed E-state index contributed by atoms with van der Waals surface area (Å²) in [5.74, 6) is 0.585. The van der Waals surface area contributed by atoms with Crippen LogP contribution in [0.1, 0.15) is 5.56 Å². The molecule has 0 saturated heterocycles. The lowest BCUT2D eigenvalue weighted by Gasteiger charge is -2.03. The Labute approximate surface area is 106 Å². The second-order valence-corrected chi connectivity index (χ2v) is 3.32. The minimum atomic E-state index is 0. The van der Waals surface area contributed by atoms with Crippen LogP contribution in [0.4, 0.5) is 0 Å². The first kappa shape index (κ1) is 13.4. The summed E-state index contributed by atoms with van der Waals surface area (Å²) in [6.07, 6.45) is 1.76. The summed E-state index contributed by atoms with van der Waals surface area (Å²) >= 11 is 0. The monoisotopic (exact) mass is 251 g/mol.